The predicted octanol–water partition coefficient (Wildman–Crippen LogP) is 3.82. The minimum Gasteiger partial charge on any atom is -0.306 e. The molecule has 0 saturated carbocycles. The molecule has 2 rings (SSSR count). The molecule has 2 aromatic rings. The number of thiophene rings is 1. The third kappa shape index (κ3) is 3.22. The fourth-order valence-corrected chi connectivity index (χ4v) is 3.48. The molecule has 0 aromatic carbocycles. The molecule has 5 heteroatoms. The van der Waals surface area contributed by atoms with E-state index in [1.54, 1.807) is 11.3 Å². The van der Waals surface area contributed by atoms with Crippen LogP contribution in [0, 0.1) is 0 Å². The monoisotopic (exact) mass is 327 g/mol. The molecule has 1 N–H and O–H groups in total. The summed E-state index contributed by atoms with van der Waals surface area (Å²) in [6.45, 7) is 6.22. The lowest BCUT2D eigenvalue weighted by molar-refractivity contribution is 0.598. The molecule has 1 unspecified atom stereocenters. The average Bonchev–Trinajstić information content (AvgIpc) is 2.96. The van der Waals surface area contributed by atoms with Crippen LogP contribution >= 0.6 is 27.3 Å². The number of hydrogen-bond acceptors (Lipinski definition) is 3. The van der Waals surface area contributed by atoms with Crippen LogP contribution in [0.1, 0.15) is 36.8 Å². The zero-order valence-corrected chi connectivity index (χ0v) is 13.1. The molecule has 0 bridgehead atoms. The molecule has 0 amide bonds. The lowest BCUT2D eigenvalue weighted by Crippen LogP contribution is -2.20. The predicted molar refractivity (Wildman–Crippen MR) is 80.1 cm³/mol. The van der Waals surface area contributed by atoms with Gasteiger partial charge < -0.3 is 5.32 Å². The van der Waals surface area contributed by atoms with Crippen LogP contribution < -0.4 is 5.32 Å². The molecule has 0 aliphatic carbocycles. The van der Waals surface area contributed by atoms with Crippen LogP contribution in [0.2, 0.25) is 0 Å². The molecule has 0 aliphatic heterocycles. The second-order valence-corrected chi connectivity index (χ2v) is 6.66. The van der Waals surface area contributed by atoms with Crippen LogP contribution in [-0.4, -0.2) is 16.3 Å². The minimum atomic E-state index is 0.247. The van der Waals surface area contributed by atoms with E-state index >= 15 is 0 Å². The molecule has 2 heterocycles. The molecule has 3 nitrogen and oxygen atoms in total. The van der Waals surface area contributed by atoms with E-state index in [9.17, 15) is 0 Å². The van der Waals surface area contributed by atoms with E-state index in [0.29, 0.717) is 0 Å². The summed E-state index contributed by atoms with van der Waals surface area (Å²) < 4.78 is 3.18. The average molecular weight is 328 g/mol. The van der Waals surface area contributed by atoms with Gasteiger partial charge in [0.15, 0.2) is 0 Å². The van der Waals surface area contributed by atoms with Gasteiger partial charge >= 0.3 is 0 Å². The Morgan fingerprint density at radius 1 is 1.44 bits per heavy atom. The Hall–Kier alpha value is -0.650. The fraction of sp³-hybridized carbons (Fsp3) is 0.462. The van der Waals surface area contributed by atoms with Crippen molar-refractivity contribution in [2.24, 2.45) is 0 Å². The van der Waals surface area contributed by atoms with Crippen molar-refractivity contribution in [3.8, 4) is 0 Å². The van der Waals surface area contributed by atoms with Crippen LogP contribution in [-0.2, 0) is 6.54 Å². The summed E-state index contributed by atoms with van der Waals surface area (Å²) in [7, 11) is 0. The van der Waals surface area contributed by atoms with E-state index in [0.717, 1.165) is 19.5 Å². The third-order valence-corrected chi connectivity index (χ3v) is 4.41. The van der Waals surface area contributed by atoms with Crippen molar-refractivity contribution in [3.05, 3.63) is 38.8 Å². The molecule has 0 aliphatic rings. The van der Waals surface area contributed by atoms with E-state index in [4.69, 9.17) is 0 Å². The second-order valence-electron chi connectivity index (χ2n) is 4.17. The van der Waals surface area contributed by atoms with Gasteiger partial charge in [0.05, 0.1) is 16.0 Å². The van der Waals surface area contributed by atoms with E-state index < -0.39 is 0 Å². The summed E-state index contributed by atoms with van der Waals surface area (Å²) in [5.41, 5.74) is 1.24. The first-order valence-electron chi connectivity index (χ1n) is 6.25. The van der Waals surface area contributed by atoms with Crippen molar-refractivity contribution in [2.45, 2.75) is 32.9 Å². The van der Waals surface area contributed by atoms with Gasteiger partial charge in [0.1, 0.15) is 0 Å². The van der Waals surface area contributed by atoms with E-state index in [2.05, 4.69) is 58.5 Å². The largest absolute Gasteiger partial charge is 0.306 e. The topological polar surface area (TPSA) is 29.9 Å². The zero-order chi connectivity index (χ0) is 13.0. The maximum atomic E-state index is 4.41. The third-order valence-electron chi connectivity index (χ3n) is 2.73. The summed E-state index contributed by atoms with van der Waals surface area (Å²) in [5, 5.41) is 7.93. The Kier molecular flexibility index (Phi) is 4.97. The maximum absolute atomic E-state index is 4.41. The quantitative estimate of drug-likeness (QED) is 0.874. The first-order chi connectivity index (χ1) is 8.74. The van der Waals surface area contributed by atoms with Gasteiger partial charge in [-0.3, -0.25) is 4.68 Å². The lowest BCUT2D eigenvalue weighted by Gasteiger charge is -2.14. The van der Waals surface area contributed by atoms with Crippen molar-refractivity contribution in [1.82, 2.24) is 15.1 Å². The van der Waals surface area contributed by atoms with Gasteiger partial charge in [0.25, 0.3) is 0 Å². The first kappa shape index (κ1) is 13.8. The summed E-state index contributed by atoms with van der Waals surface area (Å²) in [5.74, 6) is 0. The smallest absolute Gasteiger partial charge is 0.0702 e. The normalized spacial score (nSPS) is 12.8. The van der Waals surface area contributed by atoms with Gasteiger partial charge in [-0.05, 0) is 41.0 Å². The number of hydrogen-bond donors (Lipinski definition) is 1. The number of nitrogens with zero attached hydrogens (tertiary/aromatic N) is 2. The highest BCUT2D eigenvalue weighted by molar-refractivity contribution is 9.11. The first-order valence-corrected chi connectivity index (χ1v) is 7.86. The molecule has 2 aromatic heterocycles. The van der Waals surface area contributed by atoms with Gasteiger partial charge in [-0.15, -0.1) is 11.3 Å². The summed E-state index contributed by atoms with van der Waals surface area (Å²) in [6.07, 6.45) is 5.22. The van der Waals surface area contributed by atoms with Crippen molar-refractivity contribution in [3.63, 3.8) is 0 Å². The Morgan fingerprint density at radius 2 is 2.28 bits per heavy atom. The molecule has 0 spiro atoms. The van der Waals surface area contributed by atoms with Gasteiger partial charge in [-0.1, -0.05) is 13.8 Å². The lowest BCUT2D eigenvalue weighted by atomic mass is 10.1. The summed E-state index contributed by atoms with van der Waals surface area (Å²) in [4.78, 5) is 1.32. The van der Waals surface area contributed by atoms with E-state index in [1.807, 2.05) is 10.9 Å². The Morgan fingerprint density at radius 3 is 2.89 bits per heavy atom. The Balaban J connectivity index is 2.23. The van der Waals surface area contributed by atoms with E-state index in [-0.39, 0.29) is 6.04 Å². The van der Waals surface area contributed by atoms with Crippen molar-refractivity contribution in [2.75, 3.05) is 6.54 Å². The van der Waals surface area contributed by atoms with Crippen LogP contribution in [0.15, 0.2) is 28.3 Å². The standard InChI is InChI=1S/C13H18BrN3S/c1-3-7-17-9-10(8-16-17)13(15-4-2)11-5-6-12(14)18-11/h5-6,8-9,13,15H,3-4,7H2,1-2H3. The van der Waals surface area contributed by atoms with Gasteiger partial charge in [-0.25, -0.2) is 0 Å². The SMILES string of the molecule is CCCn1cc(C(NCC)c2ccc(Br)s2)cn1. The number of aromatic nitrogens is 2. The second kappa shape index (κ2) is 6.50. The maximum Gasteiger partial charge on any atom is 0.0702 e. The van der Waals surface area contributed by atoms with Crippen molar-refractivity contribution >= 4 is 27.3 Å². The number of aryl methyl sites for hydroxylation is 1. The summed E-state index contributed by atoms with van der Waals surface area (Å²) in [6, 6.07) is 4.51. The molecule has 98 valence electrons. The Labute approximate surface area is 120 Å². The van der Waals surface area contributed by atoms with Crippen LogP contribution in [0.25, 0.3) is 0 Å². The van der Waals surface area contributed by atoms with Crippen molar-refractivity contribution < 1.29 is 0 Å². The highest BCUT2D eigenvalue weighted by Gasteiger charge is 2.16. The van der Waals surface area contributed by atoms with E-state index in [1.165, 1.54) is 14.2 Å². The number of nitrogens with one attached hydrogen (secondary N) is 1. The van der Waals surface area contributed by atoms with Gasteiger partial charge in [0.2, 0.25) is 0 Å². The number of halogens is 1. The number of rotatable bonds is 6. The molecule has 0 fully saturated rings. The molecular weight excluding hydrogens is 310 g/mol. The highest BCUT2D eigenvalue weighted by atomic mass is 79.9. The van der Waals surface area contributed by atoms with Gasteiger partial charge in [0, 0.05) is 23.2 Å². The molecule has 0 saturated heterocycles. The highest BCUT2D eigenvalue weighted by Crippen LogP contribution is 2.31. The molecular formula is C13H18BrN3S. The fourth-order valence-electron chi connectivity index (χ4n) is 1.95. The minimum absolute atomic E-state index is 0.247. The van der Waals surface area contributed by atoms with Crippen LogP contribution in [0.5, 0.6) is 0 Å². The van der Waals surface area contributed by atoms with Gasteiger partial charge in [-0.2, -0.15) is 5.10 Å². The van der Waals surface area contributed by atoms with Crippen LogP contribution in [0.4, 0.5) is 0 Å². The molecule has 18 heavy (non-hydrogen) atoms. The molecule has 0 radical (unpaired) electrons. The Bertz CT molecular complexity index is 492. The van der Waals surface area contributed by atoms with Crippen LogP contribution in [0.3, 0.4) is 0 Å². The summed E-state index contributed by atoms with van der Waals surface area (Å²) >= 11 is 5.29. The van der Waals surface area contributed by atoms with Crippen molar-refractivity contribution in [1.29, 1.82) is 0 Å². The zero-order valence-electron chi connectivity index (χ0n) is 10.7. The molecule has 1 atom stereocenters.